The van der Waals surface area contributed by atoms with Crippen molar-refractivity contribution in [1.82, 2.24) is 5.32 Å². The second-order valence-electron chi connectivity index (χ2n) is 3.74. The van der Waals surface area contributed by atoms with Crippen LogP contribution in [0.3, 0.4) is 0 Å². The van der Waals surface area contributed by atoms with Crippen molar-refractivity contribution in [2.45, 2.75) is 32.6 Å². The molecule has 0 heterocycles. The molecule has 0 aliphatic rings. The van der Waals surface area contributed by atoms with Crippen molar-refractivity contribution in [3.05, 3.63) is 0 Å². The number of ether oxygens (including phenoxy) is 2. The van der Waals surface area contributed by atoms with Crippen molar-refractivity contribution >= 4 is 5.91 Å². The van der Waals surface area contributed by atoms with E-state index in [-0.39, 0.29) is 17.9 Å². The first kappa shape index (κ1) is 14.3. The van der Waals surface area contributed by atoms with E-state index in [1.165, 1.54) is 0 Å². The van der Waals surface area contributed by atoms with Gasteiger partial charge in [-0.15, -0.1) is 0 Å². The molecule has 0 radical (unpaired) electrons. The molecule has 0 fully saturated rings. The average molecular weight is 218 g/mol. The first-order chi connectivity index (χ1) is 7.04. The van der Waals surface area contributed by atoms with E-state index in [2.05, 4.69) is 5.32 Å². The highest BCUT2D eigenvalue weighted by Crippen LogP contribution is 2.02. The third-order valence-electron chi connectivity index (χ3n) is 2.20. The zero-order valence-corrected chi connectivity index (χ0v) is 9.95. The van der Waals surface area contributed by atoms with E-state index in [9.17, 15) is 4.79 Å². The maximum atomic E-state index is 11.5. The molecule has 90 valence electrons. The lowest BCUT2D eigenvalue weighted by Gasteiger charge is -2.22. The van der Waals surface area contributed by atoms with Gasteiger partial charge in [-0.3, -0.25) is 4.79 Å². The van der Waals surface area contributed by atoms with Crippen LogP contribution >= 0.6 is 0 Å². The number of amides is 1. The molecule has 0 aromatic carbocycles. The number of rotatable bonds is 7. The van der Waals surface area contributed by atoms with E-state index in [0.29, 0.717) is 13.0 Å². The second kappa shape index (κ2) is 7.62. The molecule has 0 aromatic heterocycles. The Balaban J connectivity index is 3.94. The van der Waals surface area contributed by atoms with Crippen LogP contribution in [0.25, 0.3) is 0 Å². The van der Waals surface area contributed by atoms with Gasteiger partial charge in [0.2, 0.25) is 5.91 Å². The van der Waals surface area contributed by atoms with Crippen LogP contribution in [0.1, 0.15) is 20.3 Å². The highest BCUT2D eigenvalue weighted by atomic mass is 16.7. The molecule has 3 N–H and O–H groups in total. The van der Waals surface area contributed by atoms with Gasteiger partial charge in [-0.25, -0.2) is 0 Å². The zero-order valence-electron chi connectivity index (χ0n) is 9.95. The molecule has 0 aromatic rings. The molecular formula is C10H22N2O3. The lowest BCUT2D eigenvalue weighted by molar-refractivity contribution is -0.136. The summed E-state index contributed by atoms with van der Waals surface area (Å²) in [6, 6.07) is -0.169. The molecule has 0 spiro atoms. The molecule has 0 bridgehead atoms. The minimum Gasteiger partial charge on any atom is -0.354 e. The van der Waals surface area contributed by atoms with E-state index in [1.807, 2.05) is 13.8 Å². The summed E-state index contributed by atoms with van der Waals surface area (Å²) in [7, 11) is 3.08. The lowest BCUT2D eigenvalue weighted by atomic mass is 10.1. The Kier molecular flexibility index (Phi) is 7.29. The molecule has 1 amide bonds. The number of nitrogens with one attached hydrogen (secondary N) is 1. The van der Waals surface area contributed by atoms with Crippen LogP contribution in [0.5, 0.6) is 0 Å². The maximum absolute atomic E-state index is 11.5. The summed E-state index contributed by atoms with van der Waals surface area (Å²) < 4.78 is 10.1. The number of carbonyl (C=O) groups is 1. The maximum Gasteiger partial charge on any atom is 0.220 e. The van der Waals surface area contributed by atoms with Gasteiger partial charge in [-0.1, -0.05) is 6.92 Å². The zero-order chi connectivity index (χ0) is 11.8. The van der Waals surface area contributed by atoms with Crippen molar-refractivity contribution < 1.29 is 14.3 Å². The van der Waals surface area contributed by atoms with Crippen LogP contribution in [-0.4, -0.2) is 39.0 Å². The minimum absolute atomic E-state index is 0.0282. The van der Waals surface area contributed by atoms with E-state index < -0.39 is 6.29 Å². The summed E-state index contributed by atoms with van der Waals surface area (Å²) in [6.07, 6.45) is 0.0168. The Bertz CT molecular complexity index is 184. The summed E-state index contributed by atoms with van der Waals surface area (Å²) in [5.74, 6) is 0.167. The van der Waals surface area contributed by atoms with E-state index in [1.54, 1.807) is 14.2 Å². The van der Waals surface area contributed by atoms with Gasteiger partial charge in [0, 0.05) is 20.6 Å². The highest BCUT2D eigenvalue weighted by molar-refractivity contribution is 5.76. The molecule has 0 rings (SSSR count). The summed E-state index contributed by atoms with van der Waals surface area (Å²) in [5.41, 5.74) is 5.43. The topological polar surface area (TPSA) is 73.6 Å². The van der Waals surface area contributed by atoms with Crippen LogP contribution in [-0.2, 0) is 14.3 Å². The van der Waals surface area contributed by atoms with E-state index >= 15 is 0 Å². The van der Waals surface area contributed by atoms with Crippen molar-refractivity contribution in [2.24, 2.45) is 11.7 Å². The van der Waals surface area contributed by atoms with Crippen molar-refractivity contribution in [3.63, 3.8) is 0 Å². The monoisotopic (exact) mass is 218 g/mol. The number of carbonyl (C=O) groups excluding carboxylic acids is 1. The van der Waals surface area contributed by atoms with Gasteiger partial charge in [0.1, 0.15) is 0 Å². The Labute approximate surface area is 91.3 Å². The quantitative estimate of drug-likeness (QED) is 0.594. The van der Waals surface area contributed by atoms with Gasteiger partial charge < -0.3 is 20.5 Å². The summed E-state index contributed by atoms with van der Waals surface area (Å²) in [5, 5.41) is 2.80. The predicted molar refractivity (Wildman–Crippen MR) is 58.2 cm³/mol. The van der Waals surface area contributed by atoms with Crippen LogP contribution in [0.2, 0.25) is 0 Å². The number of methoxy groups -OCH3 is 2. The molecule has 2 unspecified atom stereocenters. The van der Waals surface area contributed by atoms with Crippen molar-refractivity contribution in [1.29, 1.82) is 0 Å². The number of nitrogens with two attached hydrogens (primary N) is 1. The largest absolute Gasteiger partial charge is 0.354 e. The second-order valence-corrected chi connectivity index (χ2v) is 3.74. The van der Waals surface area contributed by atoms with Crippen LogP contribution in [0, 0.1) is 5.92 Å². The molecule has 5 heteroatoms. The van der Waals surface area contributed by atoms with E-state index in [0.717, 1.165) is 0 Å². The first-order valence-electron chi connectivity index (χ1n) is 5.10. The molecular weight excluding hydrogens is 196 g/mol. The van der Waals surface area contributed by atoms with Gasteiger partial charge in [0.05, 0.1) is 6.04 Å². The van der Waals surface area contributed by atoms with Gasteiger partial charge in [0.25, 0.3) is 0 Å². The summed E-state index contributed by atoms with van der Waals surface area (Å²) >= 11 is 0. The molecule has 5 nitrogen and oxygen atoms in total. The Hall–Kier alpha value is -0.650. The van der Waals surface area contributed by atoms with Crippen LogP contribution in [0.4, 0.5) is 0 Å². The van der Waals surface area contributed by atoms with Gasteiger partial charge in [-0.2, -0.15) is 0 Å². The minimum atomic E-state index is -0.415. The number of hydrogen-bond donors (Lipinski definition) is 2. The predicted octanol–water partition coefficient (Wildman–Crippen LogP) is 0.0949. The molecule has 0 aliphatic heterocycles. The first-order valence-corrected chi connectivity index (χ1v) is 5.10. The molecule has 0 saturated carbocycles. The molecule has 15 heavy (non-hydrogen) atoms. The molecule has 0 aliphatic carbocycles. The van der Waals surface area contributed by atoms with Crippen LogP contribution < -0.4 is 11.1 Å². The molecule has 2 atom stereocenters. The fourth-order valence-electron chi connectivity index (χ4n) is 1.29. The Morgan fingerprint density at radius 3 is 2.27 bits per heavy atom. The third-order valence-corrected chi connectivity index (χ3v) is 2.20. The average Bonchev–Trinajstić information content (AvgIpc) is 2.19. The third kappa shape index (κ3) is 5.71. The lowest BCUT2D eigenvalue weighted by Crippen LogP contribution is -2.43. The smallest absolute Gasteiger partial charge is 0.220 e. The van der Waals surface area contributed by atoms with Gasteiger partial charge >= 0.3 is 0 Å². The van der Waals surface area contributed by atoms with Crippen LogP contribution in [0.15, 0.2) is 0 Å². The normalized spacial score (nSPS) is 15.1. The highest BCUT2D eigenvalue weighted by Gasteiger charge is 2.18. The van der Waals surface area contributed by atoms with Crippen molar-refractivity contribution in [3.8, 4) is 0 Å². The molecule has 0 saturated heterocycles. The van der Waals surface area contributed by atoms with Gasteiger partial charge in [-0.05, 0) is 19.4 Å². The Morgan fingerprint density at radius 2 is 1.87 bits per heavy atom. The SMILES string of the molecule is COC(OC)C(C)NC(=O)CC(C)CN. The van der Waals surface area contributed by atoms with Crippen molar-refractivity contribution in [2.75, 3.05) is 20.8 Å². The summed E-state index contributed by atoms with van der Waals surface area (Å²) in [6.45, 7) is 4.29. The Morgan fingerprint density at radius 1 is 1.33 bits per heavy atom. The standard InChI is InChI=1S/C10H22N2O3/c1-7(6-11)5-9(13)12-8(2)10(14-3)15-4/h7-8,10H,5-6,11H2,1-4H3,(H,12,13). The van der Waals surface area contributed by atoms with E-state index in [4.69, 9.17) is 15.2 Å². The summed E-state index contributed by atoms with van der Waals surface area (Å²) in [4.78, 5) is 11.5. The number of hydrogen-bond acceptors (Lipinski definition) is 4. The fraction of sp³-hybridized carbons (Fsp3) is 0.900. The van der Waals surface area contributed by atoms with Gasteiger partial charge in [0.15, 0.2) is 6.29 Å². The fourth-order valence-corrected chi connectivity index (χ4v) is 1.29.